The second kappa shape index (κ2) is 8.28. The predicted molar refractivity (Wildman–Crippen MR) is 102 cm³/mol. The summed E-state index contributed by atoms with van der Waals surface area (Å²) in [5.41, 5.74) is 1.39. The van der Waals surface area contributed by atoms with Gasteiger partial charge in [-0.15, -0.1) is 0 Å². The van der Waals surface area contributed by atoms with Crippen LogP contribution in [0, 0.1) is 24.0 Å². The van der Waals surface area contributed by atoms with E-state index in [1.54, 1.807) is 19.1 Å². The lowest BCUT2D eigenvalue weighted by molar-refractivity contribution is -0.385. The molecular weight excluding hydrogens is 370 g/mol. The Balaban J connectivity index is 2.19. The third kappa shape index (κ3) is 4.69. The van der Waals surface area contributed by atoms with Gasteiger partial charge in [-0.05, 0) is 32.0 Å². The summed E-state index contributed by atoms with van der Waals surface area (Å²) in [6, 6.07) is 10.7. The van der Waals surface area contributed by atoms with Crippen LogP contribution >= 0.6 is 0 Å². The summed E-state index contributed by atoms with van der Waals surface area (Å²) >= 11 is 0. The fourth-order valence-electron chi connectivity index (χ4n) is 2.53. The molecule has 0 aliphatic carbocycles. The number of nitrogens with zero attached hydrogens (tertiary/aromatic N) is 2. The lowest BCUT2D eigenvalue weighted by atomic mass is 10.1. The summed E-state index contributed by atoms with van der Waals surface area (Å²) in [5.74, 6) is -0.573. The molecular formula is C18H21N3O5S. The highest BCUT2D eigenvalue weighted by molar-refractivity contribution is 7.89. The fourth-order valence-corrected chi connectivity index (χ4v) is 3.94. The molecule has 8 nitrogen and oxygen atoms in total. The number of hydrogen-bond acceptors (Lipinski definition) is 5. The highest BCUT2D eigenvalue weighted by Crippen LogP contribution is 2.25. The van der Waals surface area contributed by atoms with Gasteiger partial charge in [0.15, 0.2) is 0 Å². The predicted octanol–water partition coefficient (Wildman–Crippen LogP) is 2.86. The van der Waals surface area contributed by atoms with Crippen LogP contribution in [0.2, 0.25) is 0 Å². The van der Waals surface area contributed by atoms with E-state index in [4.69, 9.17) is 0 Å². The number of rotatable bonds is 7. The first-order valence-corrected chi connectivity index (χ1v) is 9.71. The zero-order chi connectivity index (χ0) is 20.2. The molecule has 9 heteroatoms. The van der Waals surface area contributed by atoms with Crippen molar-refractivity contribution in [2.45, 2.75) is 25.7 Å². The van der Waals surface area contributed by atoms with Gasteiger partial charge in [-0.1, -0.05) is 30.7 Å². The summed E-state index contributed by atoms with van der Waals surface area (Å²) < 4.78 is 26.5. The van der Waals surface area contributed by atoms with Crippen molar-refractivity contribution in [2.75, 3.05) is 18.4 Å². The molecule has 0 aromatic heterocycles. The maximum Gasteiger partial charge on any atom is 0.274 e. The number of likely N-dealkylation sites (N-methyl/N-ethyl adjacent to an activating group) is 1. The molecule has 144 valence electrons. The lowest BCUT2D eigenvalue weighted by Gasteiger charge is -2.20. The van der Waals surface area contributed by atoms with Crippen LogP contribution in [0.3, 0.4) is 0 Å². The van der Waals surface area contributed by atoms with Crippen molar-refractivity contribution in [3.63, 3.8) is 0 Å². The smallest absolute Gasteiger partial charge is 0.274 e. The minimum Gasteiger partial charge on any atom is -0.324 e. The third-order valence-electron chi connectivity index (χ3n) is 4.11. The van der Waals surface area contributed by atoms with Gasteiger partial charge in [-0.25, -0.2) is 8.42 Å². The largest absolute Gasteiger partial charge is 0.324 e. The molecule has 0 heterocycles. The maximum absolute atomic E-state index is 12.7. The van der Waals surface area contributed by atoms with E-state index in [2.05, 4.69) is 5.32 Å². The van der Waals surface area contributed by atoms with Crippen LogP contribution < -0.4 is 5.32 Å². The molecule has 0 spiro atoms. The molecule has 0 aliphatic rings. The van der Waals surface area contributed by atoms with Crippen LogP contribution in [-0.2, 0) is 14.8 Å². The van der Waals surface area contributed by atoms with Gasteiger partial charge >= 0.3 is 0 Å². The fraction of sp³-hybridized carbons (Fsp3) is 0.278. The third-order valence-corrected chi connectivity index (χ3v) is 6.04. The van der Waals surface area contributed by atoms with Crippen molar-refractivity contribution in [3.05, 3.63) is 63.7 Å². The summed E-state index contributed by atoms with van der Waals surface area (Å²) in [6.07, 6.45) is 0. The average molecular weight is 391 g/mol. The molecule has 0 unspecified atom stereocenters. The van der Waals surface area contributed by atoms with Crippen molar-refractivity contribution >= 4 is 27.3 Å². The van der Waals surface area contributed by atoms with Gasteiger partial charge in [-0.2, -0.15) is 4.31 Å². The van der Waals surface area contributed by atoms with Crippen molar-refractivity contribution in [1.82, 2.24) is 4.31 Å². The van der Waals surface area contributed by atoms with Crippen molar-refractivity contribution in [1.29, 1.82) is 0 Å². The van der Waals surface area contributed by atoms with E-state index >= 15 is 0 Å². The van der Waals surface area contributed by atoms with Crippen LogP contribution in [0.1, 0.15) is 18.1 Å². The molecule has 0 saturated carbocycles. The minimum atomic E-state index is -3.82. The Labute approximate surface area is 158 Å². The topological polar surface area (TPSA) is 110 Å². The lowest BCUT2D eigenvalue weighted by Crippen LogP contribution is -2.37. The SMILES string of the molecule is CCN(CC(=O)Nc1cccc([N+](=O)[O-])c1C)S(=O)(=O)c1ccc(C)cc1. The van der Waals surface area contributed by atoms with Crippen molar-refractivity contribution in [3.8, 4) is 0 Å². The number of carbonyl (C=O) groups excluding carboxylic acids is 1. The quantitative estimate of drug-likeness (QED) is 0.576. The molecule has 1 N–H and O–H groups in total. The molecule has 0 radical (unpaired) electrons. The Morgan fingerprint density at radius 2 is 1.78 bits per heavy atom. The highest BCUT2D eigenvalue weighted by atomic mass is 32.2. The van der Waals surface area contributed by atoms with E-state index in [9.17, 15) is 23.3 Å². The van der Waals surface area contributed by atoms with Gasteiger partial charge in [0.2, 0.25) is 15.9 Å². The Kier molecular flexibility index (Phi) is 6.29. The van der Waals surface area contributed by atoms with Crippen molar-refractivity contribution < 1.29 is 18.1 Å². The molecule has 1 amide bonds. The summed E-state index contributed by atoms with van der Waals surface area (Å²) in [7, 11) is -3.82. The monoisotopic (exact) mass is 391 g/mol. The molecule has 27 heavy (non-hydrogen) atoms. The number of nitro benzene ring substituents is 1. The van der Waals surface area contributed by atoms with Crippen LogP contribution in [0.4, 0.5) is 11.4 Å². The standard InChI is InChI=1S/C18H21N3O5S/c1-4-20(27(25,26)15-10-8-13(2)9-11-15)12-18(22)19-16-6-5-7-17(14(16)3)21(23)24/h5-11H,4,12H2,1-3H3,(H,19,22). The molecule has 2 aromatic carbocycles. The van der Waals surface area contributed by atoms with E-state index in [1.165, 1.54) is 37.3 Å². The molecule has 0 aliphatic heterocycles. The number of carbonyl (C=O) groups is 1. The number of aryl methyl sites for hydroxylation is 1. The average Bonchev–Trinajstić information content (AvgIpc) is 2.61. The van der Waals surface area contributed by atoms with Crippen LogP contribution in [-0.4, -0.2) is 36.6 Å². The van der Waals surface area contributed by atoms with E-state index < -0.39 is 27.4 Å². The van der Waals surface area contributed by atoms with Gasteiger partial charge in [0.05, 0.1) is 27.6 Å². The number of amides is 1. The first-order valence-electron chi connectivity index (χ1n) is 8.27. The Hall–Kier alpha value is -2.78. The molecule has 2 aromatic rings. The molecule has 0 atom stereocenters. The van der Waals surface area contributed by atoms with Gasteiger partial charge in [0.25, 0.3) is 5.69 Å². The number of hydrogen-bond donors (Lipinski definition) is 1. The normalized spacial score (nSPS) is 11.4. The zero-order valence-corrected chi connectivity index (χ0v) is 16.1. The number of nitro groups is 1. The highest BCUT2D eigenvalue weighted by Gasteiger charge is 2.25. The Bertz CT molecular complexity index is 955. The number of benzene rings is 2. The first-order chi connectivity index (χ1) is 12.7. The van der Waals surface area contributed by atoms with E-state index in [0.29, 0.717) is 5.56 Å². The van der Waals surface area contributed by atoms with Gasteiger partial charge in [-0.3, -0.25) is 14.9 Å². The summed E-state index contributed by atoms with van der Waals surface area (Å²) in [4.78, 5) is 22.9. The van der Waals surface area contributed by atoms with Crippen LogP contribution in [0.5, 0.6) is 0 Å². The van der Waals surface area contributed by atoms with E-state index in [-0.39, 0.29) is 22.8 Å². The van der Waals surface area contributed by atoms with Gasteiger partial charge in [0.1, 0.15) is 0 Å². The van der Waals surface area contributed by atoms with Crippen LogP contribution in [0.25, 0.3) is 0 Å². The molecule has 0 fully saturated rings. The van der Waals surface area contributed by atoms with E-state index in [0.717, 1.165) is 9.87 Å². The number of nitrogens with one attached hydrogen (secondary N) is 1. The maximum atomic E-state index is 12.7. The molecule has 0 saturated heterocycles. The molecule has 0 bridgehead atoms. The van der Waals surface area contributed by atoms with Crippen LogP contribution in [0.15, 0.2) is 47.4 Å². The first kappa shape index (κ1) is 20.5. The molecule has 2 rings (SSSR count). The Morgan fingerprint density at radius 3 is 2.33 bits per heavy atom. The minimum absolute atomic E-state index is 0.106. The zero-order valence-electron chi connectivity index (χ0n) is 15.3. The van der Waals surface area contributed by atoms with Gasteiger partial charge in [0, 0.05) is 12.6 Å². The Morgan fingerprint density at radius 1 is 1.15 bits per heavy atom. The number of anilines is 1. The van der Waals surface area contributed by atoms with E-state index in [1.807, 2.05) is 6.92 Å². The van der Waals surface area contributed by atoms with Crippen molar-refractivity contribution in [2.24, 2.45) is 0 Å². The summed E-state index contributed by atoms with van der Waals surface area (Å²) in [6.45, 7) is 4.72. The van der Waals surface area contributed by atoms with Gasteiger partial charge < -0.3 is 5.32 Å². The second-order valence-corrected chi connectivity index (χ2v) is 7.94. The second-order valence-electron chi connectivity index (χ2n) is 6.00. The number of sulfonamides is 1. The summed E-state index contributed by atoms with van der Waals surface area (Å²) in [5, 5.41) is 13.6.